The molecule has 2 aliphatic rings. The number of benzene rings is 1. The largest absolute Gasteiger partial charge is 0.383 e. The number of piperidine rings is 1. The van der Waals surface area contributed by atoms with E-state index in [1.165, 1.54) is 4.68 Å². The summed E-state index contributed by atoms with van der Waals surface area (Å²) in [5, 5.41) is 5.21. The Kier molecular flexibility index (Phi) is 7.10. The average molecular weight is 461 g/mol. The van der Waals surface area contributed by atoms with E-state index in [9.17, 15) is 14.4 Å². The van der Waals surface area contributed by atoms with Crippen LogP contribution in [-0.2, 0) is 16.1 Å². The van der Waals surface area contributed by atoms with Crippen molar-refractivity contribution in [3.63, 3.8) is 0 Å². The quantitative estimate of drug-likeness (QED) is 0.537. The fraction of sp³-hybridized carbons (Fsp3) is 0.565. The molecule has 0 radical (unpaired) electrons. The van der Waals surface area contributed by atoms with Gasteiger partial charge in [-0.15, -0.1) is 0 Å². The van der Waals surface area contributed by atoms with Crippen LogP contribution in [0.5, 0.6) is 0 Å². The third-order valence-electron chi connectivity index (χ3n) is 6.19. The fourth-order valence-corrected chi connectivity index (χ4v) is 4.41. The number of hydrogen-bond acceptors (Lipinski definition) is 5. The van der Waals surface area contributed by atoms with Crippen LogP contribution >= 0.6 is 11.6 Å². The summed E-state index contributed by atoms with van der Waals surface area (Å²) >= 11 is 5.87. The Morgan fingerprint density at radius 2 is 1.91 bits per heavy atom. The highest BCUT2D eigenvalue weighted by Crippen LogP contribution is 2.37. The number of halogens is 1. The van der Waals surface area contributed by atoms with E-state index in [1.807, 2.05) is 9.47 Å². The fourth-order valence-electron chi connectivity index (χ4n) is 4.29. The first kappa shape index (κ1) is 22.7. The van der Waals surface area contributed by atoms with Crippen LogP contribution in [0.3, 0.4) is 0 Å². The zero-order valence-electron chi connectivity index (χ0n) is 18.3. The van der Waals surface area contributed by atoms with Gasteiger partial charge in [0.15, 0.2) is 5.78 Å². The Bertz CT molecular complexity index is 1030. The van der Waals surface area contributed by atoms with Crippen LogP contribution in [0.2, 0.25) is 5.02 Å². The van der Waals surface area contributed by atoms with E-state index in [0.29, 0.717) is 36.8 Å². The predicted molar refractivity (Wildman–Crippen MR) is 120 cm³/mol. The average Bonchev–Trinajstić information content (AvgIpc) is 3.59. The SMILES string of the molecule is COCCn1nc(C2CCCN(C(=O)CCC(=O)c3ccc(Cl)cc3)C2)n(C2CC2)c1=O. The van der Waals surface area contributed by atoms with E-state index in [1.54, 1.807) is 31.4 Å². The molecule has 1 amide bonds. The van der Waals surface area contributed by atoms with Gasteiger partial charge in [-0.05, 0) is 49.9 Å². The van der Waals surface area contributed by atoms with Crippen LogP contribution in [0.4, 0.5) is 0 Å². The van der Waals surface area contributed by atoms with Gasteiger partial charge in [-0.2, -0.15) is 5.10 Å². The first-order chi connectivity index (χ1) is 15.5. The molecule has 1 aromatic heterocycles. The van der Waals surface area contributed by atoms with Crippen molar-refractivity contribution in [1.29, 1.82) is 0 Å². The summed E-state index contributed by atoms with van der Waals surface area (Å²) in [6.07, 6.45) is 4.06. The number of carbonyl (C=O) groups is 2. The van der Waals surface area contributed by atoms with Gasteiger partial charge in [0, 0.05) is 55.6 Å². The third kappa shape index (κ3) is 5.13. The van der Waals surface area contributed by atoms with Crippen molar-refractivity contribution in [2.24, 2.45) is 0 Å². The Labute approximate surface area is 192 Å². The molecule has 9 heteroatoms. The number of aromatic nitrogens is 3. The first-order valence-corrected chi connectivity index (χ1v) is 11.6. The lowest BCUT2D eigenvalue weighted by atomic mass is 9.96. The molecule has 4 rings (SSSR count). The van der Waals surface area contributed by atoms with Crippen LogP contribution in [0.1, 0.15) is 66.7 Å². The van der Waals surface area contributed by atoms with Crippen molar-refractivity contribution < 1.29 is 14.3 Å². The van der Waals surface area contributed by atoms with Crippen LogP contribution in [0.25, 0.3) is 0 Å². The van der Waals surface area contributed by atoms with Crippen molar-refractivity contribution in [2.75, 3.05) is 26.8 Å². The van der Waals surface area contributed by atoms with Gasteiger partial charge in [-0.25, -0.2) is 9.48 Å². The van der Waals surface area contributed by atoms with Gasteiger partial charge in [-0.1, -0.05) is 11.6 Å². The van der Waals surface area contributed by atoms with Crippen molar-refractivity contribution in [3.05, 3.63) is 51.2 Å². The van der Waals surface area contributed by atoms with Gasteiger partial charge in [0.05, 0.1) is 13.2 Å². The molecule has 0 spiro atoms. The molecular formula is C23H29ClN4O4. The second-order valence-electron chi connectivity index (χ2n) is 8.57. The highest BCUT2D eigenvalue weighted by Gasteiger charge is 2.35. The molecule has 32 heavy (non-hydrogen) atoms. The summed E-state index contributed by atoms with van der Waals surface area (Å²) < 4.78 is 8.43. The zero-order valence-corrected chi connectivity index (χ0v) is 19.1. The zero-order chi connectivity index (χ0) is 22.7. The molecule has 172 valence electrons. The molecule has 1 aliphatic heterocycles. The molecule has 0 bridgehead atoms. The molecule has 1 saturated heterocycles. The highest BCUT2D eigenvalue weighted by atomic mass is 35.5. The molecule has 2 fully saturated rings. The number of hydrogen-bond donors (Lipinski definition) is 0. The second-order valence-corrected chi connectivity index (χ2v) is 9.00. The normalized spacial score (nSPS) is 18.7. The molecule has 1 aromatic carbocycles. The molecule has 0 N–H and O–H groups in total. The standard InChI is InChI=1S/C23H29ClN4O4/c1-32-14-13-27-23(31)28(19-8-9-19)22(25-27)17-3-2-12-26(15-17)21(30)11-10-20(29)16-4-6-18(24)7-5-16/h4-7,17,19H,2-3,8-15H2,1H3. The Hall–Kier alpha value is -2.45. The lowest BCUT2D eigenvalue weighted by Crippen LogP contribution is -2.40. The topological polar surface area (TPSA) is 86.4 Å². The lowest BCUT2D eigenvalue weighted by Gasteiger charge is -2.32. The van der Waals surface area contributed by atoms with Gasteiger partial charge in [0.2, 0.25) is 5.91 Å². The molecular weight excluding hydrogens is 432 g/mol. The number of ketones is 1. The van der Waals surface area contributed by atoms with E-state index in [-0.39, 0.29) is 42.2 Å². The molecule has 1 unspecified atom stereocenters. The molecule has 8 nitrogen and oxygen atoms in total. The summed E-state index contributed by atoms with van der Waals surface area (Å²) in [5.74, 6) is 0.708. The maximum absolute atomic E-state index is 12.9. The van der Waals surface area contributed by atoms with Crippen molar-refractivity contribution >= 4 is 23.3 Å². The van der Waals surface area contributed by atoms with E-state index < -0.39 is 0 Å². The highest BCUT2D eigenvalue weighted by molar-refractivity contribution is 6.30. The van der Waals surface area contributed by atoms with E-state index in [0.717, 1.165) is 31.5 Å². The van der Waals surface area contributed by atoms with Crippen LogP contribution in [0, 0.1) is 0 Å². The number of likely N-dealkylation sites (tertiary alicyclic amines) is 1. The molecule has 2 aromatic rings. The van der Waals surface area contributed by atoms with Gasteiger partial charge >= 0.3 is 5.69 Å². The number of methoxy groups -OCH3 is 1. The van der Waals surface area contributed by atoms with Crippen LogP contribution in [-0.4, -0.2) is 57.7 Å². The summed E-state index contributed by atoms with van der Waals surface area (Å²) in [6.45, 7) is 2.05. The summed E-state index contributed by atoms with van der Waals surface area (Å²) in [5.41, 5.74) is 0.477. The third-order valence-corrected chi connectivity index (χ3v) is 6.44. The second kappa shape index (κ2) is 10.0. The smallest absolute Gasteiger partial charge is 0.346 e. The minimum absolute atomic E-state index is 0.0248. The summed E-state index contributed by atoms with van der Waals surface area (Å²) in [7, 11) is 1.60. The van der Waals surface area contributed by atoms with Gasteiger partial charge in [-0.3, -0.25) is 14.2 Å². The Morgan fingerprint density at radius 3 is 2.59 bits per heavy atom. The molecule has 1 aliphatic carbocycles. The molecule has 2 heterocycles. The number of carbonyl (C=O) groups excluding carboxylic acids is 2. The lowest BCUT2D eigenvalue weighted by molar-refractivity contribution is -0.132. The molecule has 1 atom stereocenters. The van der Waals surface area contributed by atoms with Gasteiger partial charge in [0.1, 0.15) is 5.82 Å². The number of nitrogens with zero attached hydrogens (tertiary/aromatic N) is 4. The van der Waals surface area contributed by atoms with E-state index in [2.05, 4.69) is 5.10 Å². The summed E-state index contributed by atoms with van der Waals surface area (Å²) in [6, 6.07) is 6.94. The van der Waals surface area contributed by atoms with Crippen LogP contribution < -0.4 is 5.69 Å². The maximum Gasteiger partial charge on any atom is 0.346 e. The van der Waals surface area contributed by atoms with Crippen molar-refractivity contribution in [1.82, 2.24) is 19.2 Å². The number of Topliss-reactive ketones (excluding diaryl/α,β-unsaturated/α-hetero) is 1. The Balaban J connectivity index is 1.41. The van der Waals surface area contributed by atoms with Gasteiger partial charge < -0.3 is 9.64 Å². The minimum Gasteiger partial charge on any atom is -0.383 e. The molecule has 1 saturated carbocycles. The van der Waals surface area contributed by atoms with E-state index in [4.69, 9.17) is 16.3 Å². The number of rotatable bonds is 9. The van der Waals surface area contributed by atoms with Gasteiger partial charge in [0.25, 0.3) is 0 Å². The predicted octanol–water partition coefficient (Wildman–Crippen LogP) is 3.05. The summed E-state index contributed by atoms with van der Waals surface area (Å²) in [4.78, 5) is 39.9. The van der Waals surface area contributed by atoms with Crippen molar-refractivity contribution in [2.45, 2.75) is 57.0 Å². The van der Waals surface area contributed by atoms with Crippen LogP contribution in [0.15, 0.2) is 29.1 Å². The monoisotopic (exact) mass is 460 g/mol. The Morgan fingerprint density at radius 1 is 1.16 bits per heavy atom. The maximum atomic E-state index is 12.9. The first-order valence-electron chi connectivity index (χ1n) is 11.2. The number of ether oxygens (including phenoxy) is 1. The number of amides is 1. The van der Waals surface area contributed by atoms with Crippen molar-refractivity contribution in [3.8, 4) is 0 Å². The van der Waals surface area contributed by atoms with E-state index >= 15 is 0 Å². The minimum atomic E-state index is -0.0865.